The second kappa shape index (κ2) is 4.67. The van der Waals surface area contributed by atoms with Crippen molar-refractivity contribution < 1.29 is 9.53 Å². The Kier molecular flexibility index (Phi) is 4.11. The highest BCUT2D eigenvalue weighted by Crippen LogP contribution is 1.99. The maximum absolute atomic E-state index is 10.5. The van der Waals surface area contributed by atoms with Gasteiger partial charge in [-0.05, 0) is 17.7 Å². The maximum atomic E-state index is 10.5. The summed E-state index contributed by atoms with van der Waals surface area (Å²) in [4.78, 5) is 20.4. The molecule has 0 unspecified atom stereocenters. The molecule has 0 aliphatic heterocycles. The lowest BCUT2D eigenvalue weighted by atomic mass is 10.3. The lowest BCUT2D eigenvalue weighted by Crippen LogP contribution is -2.01. The minimum atomic E-state index is -0.683. The van der Waals surface area contributed by atoms with Crippen molar-refractivity contribution in [1.29, 1.82) is 0 Å². The van der Waals surface area contributed by atoms with Crippen LogP contribution in [-0.2, 0) is 9.53 Å². The Hall–Kier alpha value is -1.19. The van der Waals surface area contributed by atoms with Gasteiger partial charge in [-0.2, -0.15) is 0 Å². The van der Waals surface area contributed by atoms with Crippen LogP contribution in [0.5, 0.6) is 0 Å². The molecule has 0 heterocycles. The van der Waals surface area contributed by atoms with E-state index in [0.717, 1.165) is 0 Å². The zero-order valence-corrected chi connectivity index (χ0v) is 5.96. The summed E-state index contributed by atoms with van der Waals surface area (Å²) < 4.78 is 4.25. The van der Waals surface area contributed by atoms with Gasteiger partial charge >= 0.3 is 5.97 Å². The van der Waals surface area contributed by atoms with Crippen LogP contribution in [0.2, 0.25) is 0 Å². The molecular formula is C6H9NO3. The summed E-state index contributed by atoms with van der Waals surface area (Å²) in [5, 5.41) is 2.49. The second-order valence-corrected chi connectivity index (χ2v) is 1.58. The largest absolute Gasteiger partial charge is 0.464 e. The third-order valence-corrected chi connectivity index (χ3v) is 0.890. The number of nitroso groups, excluding NO2 is 1. The van der Waals surface area contributed by atoms with Crippen molar-refractivity contribution >= 4 is 5.97 Å². The van der Waals surface area contributed by atoms with Crippen LogP contribution in [0, 0.1) is 4.91 Å². The maximum Gasteiger partial charge on any atom is 0.359 e. The highest BCUT2D eigenvalue weighted by atomic mass is 16.5. The molecule has 0 fully saturated rings. The Labute approximate surface area is 58.8 Å². The topological polar surface area (TPSA) is 55.7 Å². The molecule has 0 aliphatic rings. The van der Waals surface area contributed by atoms with Gasteiger partial charge in [0.15, 0.2) is 5.70 Å². The number of nitrogens with zero attached hydrogens (tertiary/aromatic N) is 1. The van der Waals surface area contributed by atoms with E-state index < -0.39 is 5.97 Å². The lowest BCUT2D eigenvalue weighted by Gasteiger charge is -1.92. The van der Waals surface area contributed by atoms with E-state index in [4.69, 9.17) is 0 Å². The zero-order chi connectivity index (χ0) is 7.98. The van der Waals surface area contributed by atoms with Crippen molar-refractivity contribution in [2.24, 2.45) is 5.18 Å². The van der Waals surface area contributed by atoms with Crippen LogP contribution in [0.3, 0.4) is 0 Å². The van der Waals surface area contributed by atoms with Crippen molar-refractivity contribution in [3.63, 3.8) is 0 Å². The van der Waals surface area contributed by atoms with Crippen LogP contribution >= 0.6 is 0 Å². The number of rotatable bonds is 3. The number of allylic oxidation sites excluding steroid dienone is 1. The van der Waals surface area contributed by atoms with E-state index in [2.05, 4.69) is 9.91 Å². The minimum Gasteiger partial charge on any atom is -0.464 e. The summed E-state index contributed by atoms with van der Waals surface area (Å²) in [6.07, 6.45) is 2.01. The molecule has 0 rings (SSSR count). The van der Waals surface area contributed by atoms with Gasteiger partial charge < -0.3 is 4.74 Å². The van der Waals surface area contributed by atoms with Crippen molar-refractivity contribution in [2.45, 2.75) is 13.3 Å². The molecule has 0 atom stereocenters. The van der Waals surface area contributed by atoms with E-state index in [1.165, 1.54) is 13.2 Å². The van der Waals surface area contributed by atoms with E-state index in [0.29, 0.717) is 6.42 Å². The molecule has 0 radical (unpaired) electrons. The highest BCUT2D eigenvalue weighted by molar-refractivity contribution is 5.87. The summed E-state index contributed by atoms with van der Waals surface area (Å²) in [5.41, 5.74) is -0.162. The Morgan fingerprint density at radius 2 is 2.30 bits per heavy atom. The molecule has 0 aromatic heterocycles. The predicted molar refractivity (Wildman–Crippen MR) is 36.2 cm³/mol. The molecule has 0 saturated carbocycles. The third-order valence-electron chi connectivity index (χ3n) is 0.890. The van der Waals surface area contributed by atoms with Crippen LogP contribution in [0.25, 0.3) is 0 Å². The Bertz CT molecular complexity index is 162. The first-order valence-electron chi connectivity index (χ1n) is 2.88. The summed E-state index contributed by atoms with van der Waals surface area (Å²) in [5.74, 6) is -0.683. The monoisotopic (exact) mass is 143 g/mol. The smallest absolute Gasteiger partial charge is 0.359 e. The number of methoxy groups -OCH3 is 1. The molecule has 0 bridgehead atoms. The molecule has 0 spiro atoms. The van der Waals surface area contributed by atoms with Gasteiger partial charge in [-0.3, -0.25) is 0 Å². The van der Waals surface area contributed by atoms with Gasteiger partial charge in [0.05, 0.1) is 7.11 Å². The first-order valence-corrected chi connectivity index (χ1v) is 2.88. The SMILES string of the molecule is CC/C=C(\N=O)C(=O)OC. The fourth-order valence-corrected chi connectivity index (χ4v) is 0.456. The fourth-order valence-electron chi connectivity index (χ4n) is 0.456. The molecule has 0 amide bonds. The van der Waals surface area contributed by atoms with E-state index in [9.17, 15) is 9.70 Å². The highest BCUT2D eigenvalue weighted by Gasteiger charge is 2.07. The summed E-state index contributed by atoms with van der Waals surface area (Å²) >= 11 is 0. The predicted octanol–water partition coefficient (Wildman–Crippen LogP) is 1.22. The Balaban J connectivity index is 4.20. The lowest BCUT2D eigenvalue weighted by molar-refractivity contribution is -0.136. The van der Waals surface area contributed by atoms with Gasteiger partial charge in [0.1, 0.15) is 0 Å². The Morgan fingerprint density at radius 3 is 2.60 bits per heavy atom. The van der Waals surface area contributed by atoms with Crippen molar-refractivity contribution in [3.8, 4) is 0 Å². The number of ether oxygens (including phenoxy) is 1. The van der Waals surface area contributed by atoms with Gasteiger partial charge in [-0.15, -0.1) is 4.91 Å². The van der Waals surface area contributed by atoms with Crippen molar-refractivity contribution in [2.75, 3.05) is 7.11 Å². The van der Waals surface area contributed by atoms with Gasteiger partial charge in [-0.25, -0.2) is 4.79 Å². The summed E-state index contributed by atoms with van der Waals surface area (Å²) in [6.45, 7) is 1.80. The van der Waals surface area contributed by atoms with Crippen molar-refractivity contribution in [1.82, 2.24) is 0 Å². The molecule has 0 saturated heterocycles. The number of carbonyl (C=O) groups is 1. The van der Waals surface area contributed by atoms with Crippen LogP contribution in [0.1, 0.15) is 13.3 Å². The van der Waals surface area contributed by atoms with E-state index in [1.807, 2.05) is 0 Å². The fraction of sp³-hybridized carbons (Fsp3) is 0.500. The van der Waals surface area contributed by atoms with Gasteiger partial charge in [0.2, 0.25) is 0 Å². The van der Waals surface area contributed by atoms with Crippen LogP contribution in [-0.4, -0.2) is 13.1 Å². The molecule has 0 aromatic carbocycles. The standard InChI is InChI=1S/C6H9NO3/c1-3-4-5(7-9)6(8)10-2/h4H,3H2,1-2H3/b5-4-. The molecule has 0 N–H and O–H groups in total. The molecule has 56 valence electrons. The zero-order valence-electron chi connectivity index (χ0n) is 5.96. The number of hydrogen-bond acceptors (Lipinski definition) is 4. The molecule has 0 aromatic rings. The van der Waals surface area contributed by atoms with Crippen LogP contribution in [0.4, 0.5) is 0 Å². The number of hydrogen-bond donors (Lipinski definition) is 0. The van der Waals surface area contributed by atoms with E-state index in [1.54, 1.807) is 6.92 Å². The summed E-state index contributed by atoms with van der Waals surface area (Å²) in [7, 11) is 1.21. The third kappa shape index (κ3) is 2.39. The van der Waals surface area contributed by atoms with Gasteiger partial charge in [0, 0.05) is 0 Å². The Morgan fingerprint density at radius 1 is 1.70 bits per heavy atom. The van der Waals surface area contributed by atoms with Crippen molar-refractivity contribution in [3.05, 3.63) is 16.7 Å². The van der Waals surface area contributed by atoms with Crippen LogP contribution < -0.4 is 0 Å². The average molecular weight is 143 g/mol. The van der Waals surface area contributed by atoms with E-state index >= 15 is 0 Å². The first-order chi connectivity index (χ1) is 4.76. The molecule has 10 heavy (non-hydrogen) atoms. The quantitative estimate of drug-likeness (QED) is 0.339. The normalized spacial score (nSPS) is 10.8. The molecule has 4 nitrogen and oxygen atoms in total. The number of esters is 1. The molecule has 0 aliphatic carbocycles. The second-order valence-electron chi connectivity index (χ2n) is 1.58. The first kappa shape index (κ1) is 8.81. The average Bonchev–Trinajstić information content (AvgIpc) is 1.99. The molecular weight excluding hydrogens is 134 g/mol. The van der Waals surface area contributed by atoms with Gasteiger partial charge in [-0.1, -0.05) is 6.92 Å². The van der Waals surface area contributed by atoms with Crippen LogP contribution in [0.15, 0.2) is 16.9 Å². The molecule has 4 heteroatoms. The van der Waals surface area contributed by atoms with E-state index in [-0.39, 0.29) is 5.70 Å². The number of carbonyl (C=O) groups excluding carboxylic acids is 1. The summed E-state index contributed by atoms with van der Waals surface area (Å²) in [6, 6.07) is 0. The van der Waals surface area contributed by atoms with Gasteiger partial charge in [0.25, 0.3) is 0 Å². The minimum absolute atomic E-state index is 0.162.